The maximum absolute atomic E-state index is 4.69. The van der Waals surface area contributed by atoms with Crippen molar-refractivity contribution in [3.63, 3.8) is 0 Å². The number of hydrogen-bond acceptors (Lipinski definition) is 2. The van der Waals surface area contributed by atoms with Gasteiger partial charge >= 0.3 is 0 Å². The maximum atomic E-state index is 4.69. The highest BCUT2D eigenvalue weighted by atomic mass is 15.3. The molecular formula is C16H15N3. The second-order valence-electron chi connectivity index (χ2n) is 4.57. The molecule has 2 heterocycles. The van der Waals surface area contributed by atoms with Crippen LogP contribution in [0.2, 0.25) is 0 Å². The van der Waals surface area contributed by atoms with E-state index in [0.29, 0.717) is 0 Å². The maximum Gasteiger partial charge on any atom is 0.111 e. The quantitative estimate of drug-likeness (QED) is 0.696. The fourth-order valence-electron chi connectivity index (χ4n) is 2.03. The van der Waals surface area contributed by atoms with Gasteiger partial charge in [-0.1, -0.05) is 36.4 Å². The van der Waals surface area contributed by atoms with Crippen LogP contribution in [-0.2, 0) is 7.05 Å². The Morgan fingerprint density at radius 3 is 2.26 bits per heavy atom. The van der Waals surface area contributed by atoms with Gasteiger partial charge in [-0.2, -0.15) is 5.10 Å². The van der Waals surface area contributed by atoms with E-state index in [9.17, 15) is 0 Å². The summed E-state index contributed by atoms with van der Waals surface area (Å²) in [5.74, 6) is 0. The predicted molar refractivity (Wildman–Crippen MR) is 76.6 cm³/mol. The van der Waals surface area contributed by atoms with E-state index in [2.05, 4.69) is 23.3 Å². The molecule has 0 aliphatic rings. The van der Waals surface area contributed by atoms with E-state index < -0.39 is 0 Å². The molecule has 94 valence electrons. The van der Waals surface area contributed by atoms with Gasteiger partial charge in [0.1, 0.15) is 5.69 Å². The molecule has 3 heteroatoms. The standard InChI is InChI=1S/C16H15N3/c1-12-11-16(18-19(12)2)15-10-6-9-14(17-15)13-7-4-3-5-8-13/h3-11H,1-2H3. The van der Waals surface area contributed by atoms with Crippen molar-refractivity contribution in [2.45, 2.75) is 6.92 Å². The Morgan fingerprint density at radius 1 is 0.842 bits per heavy atom. The molecule has 1 aromatic carbocycles. The summed E-state index contributed by atoms with van der Waals surface area (Å²) >= 11 is 0. The van der Waals surface area contributed by atoms with Gasteiger partial charge in [0.25, 0.3) is 0 Å². The first kappa shape index (κ1) is 11.7. The van der Waals surface area contributed by atoms with E-state index in [1.54, 1.807) is 0 Å². The second kappa shape index (κ2) is 4.69. The van der Waals surface area contributed by atoms with E-state index >= 15 is 0 Å². The number of aryl methyl sites for hydroxylation is 2. The highest BCUT2D eigenvalue weighted by Gasteiger charge is 2.07. The molecule has 19 heavy (non-hydrogen) atoms. The third kappa shape index (κ3) is 2.27. The van der Waals surface area contributed by atoms with Gasteiger partial charge in [-0.25, -0.2) is 4.98 Å². The Kier molecular flexibility index (Phi) is 2.88. The van der Waals surface area contributed by atoms with Gasteiger partial charge in [0.05, 0.1) is 11.4 Å². The number of rotatable bonds is 2. The molecule has 0 saturated carbocycles. The van der Waals surface area contributed by atoms with Crippen molar-refractivity contribution in [3.05, 3.63) is 60.3 Å². The first-order chi connectivity index (χ1) is 9.24. The molecule has 0 radical (unpaired) electrons. The van der Waals surface area contributed by atoms with E-state index in [1.807, 2.05) is 55.1 Å². The van der Waals surface area contributed by atoms with Crippen LogP contribution in [0.1, 0.15) is 5.69 Å². The Bertz CT molecular complexity index is 680. The Balaban J connectivity index is 2.05. The Morgan fingerprint density at radius 2 is 1.58 bits per heavy atom. The van der Waals surface area contributed by atoms with Crippen molar-refractivity contribution < 1.29 is 0 Å². The monoisotopic (exact) mass is 249 g/mol. The van der Waals surface area contributed by atoms with Crippen LogP contribution >= 0.6 is 0 Å². The fraction of sp³-hybridized carbons (Fsp3) is 0.125. The molecule has 0 bridgehead atoms. The predicted octanol–water partition coefficient (Wildman–Crippen LogP) is 3.46. The van der Waals surface area contributed by atoms with Crippen LogP contribution in [0.3, 0.4) is 0 Å². The Labute approximate surface area is 112 Å². The highest BCUT2D eigenvalue weighted by molar-refractivity contribution is 5.64. The zero-order valence-electron chi connectivity index (χ0n) is 11.0. The lowest BCUT2D eigenvalue weighted by Gasteiger charge is -2.02. The third-order valence-electron chi connectivity index (χ3n) is 3.19. The van der Waals surface area contributed by atoms with Crippen LogP contribution in [-0.4, -0.2) is 14.8 Å². The number of aromatic nitrogens is 3. The summed E-state index contributed by atoms with van der Waals surface area (Å²) < 4.78 is 1.87. The SMILES string of the molecule is Cc1cc(-c2cccc(-c3ccccc3)n2)nn1C. The minimum absolute atomic E-state index is 0.907. The molecule has 0 atom stereocenters. The summed E-state index contributed by atoms with van der Waals surface area (Å²) in [5.41, 5.74) is 5.04. The Hall–Kier alpha value is -2.42. The van der Waals surface area contributed by atoms with Gasteiger partial charge < -0.3 is 0 Å². The zero-order chi connectivity index (χ0) is 13.2. The number of benzene rings is 1. The fourth-order valence-corrected chi connectivity index (χ4v) is 2.03. The van der Waals surface area contributed by atoms with Gasteiger partial charge in [0.15, 0.2) is 0 Å². The highest BCUT2D eigenvalue weighted by Crippen LogP contribution is 2.21. The minimum Gasteiger partial charge on any atom is -0.272 e. The molecule has 0 unspecified atom stereocenters. The van der Waals surface area contributed by atoms with Crippen molar-refractivity contribution >= 4 is 0 Å². The number of nitrogens with zero attached hydrogens (tertiary/aromatic N) is 3. The molecule has 0 N–H and O–H groups in total. The number of hydrogen-bond donors (Lipinski definition) is 0. The largest absolute Gasteiger partial charge is 0.272 e. The van der Waals surface area contributed by atoms with Crippen LogP contribution in [0.5, 0.6) is 0 Å². The lowest BCUT2D eigenvalue weighted by Crippen LogP contribution is -1.93. The topological polar surface area (TPSA) is 30.7 Å². The van der Waals surface area contributed by atoms with Crippen molar-refractivity contribution in [1.29, 1.82) is 0 Å². The van der Waals surface area contributed by atoms with Crippen molar-refractivity contribution in [1.82, 2.24) is 14.8 Å². The molecule has 0 spiro atoms. The van der Waals surface area contributed by atoms with Crippen molar-refractivity contribution in [2.24, 2.45) is 7.05 Å². The van der Waals surface area contributed by atoms with Gasteiger partial charge in [-0.15, -0.1) is 0 Å². The average Bonchev–Trinajstić information content (AvgIpc) is 2.80. The molecule has 3 nitrogen and oxygen atoms in total. The van der Waals surface area contributed by atoms with Gasteiger partial charge in [0.2, 0.25) is 0 Å². The third-order valence-corrected chi connectivity index (χ3v) is 3.19. The van der Waals surface area contributed by atoms with E-state index in [1.165, 1.54) is 0 Å². The number of pyridine rings is 1. The molecule has 0 aliphatic heterocycles. The summed E-state index contributed by atoms with van der Waals surface area (Å²) in [6.45, 7) is 2.04. The van der Waals surface area contributed by atoms with Gasteiger partial charge in [-0.05, 0) is 25.1 Å². The van der Waals surface area contributed by atoms with Crippen LogP contribution in [0.4, 0.5) is 0 Å². The molecule has 2 aromatic heterocycles. The minimum atomic E-state index is 0.907. The molecule has 0 amide bonds. The zero-order valence-corrected chi connectivity index (χ0v) is 11.0. The van der Waals surface area contributed by atoms with E-state index in [0.717, 1.165) is 28.3 Å². The van der Waals surface area contributed by atoms with Crippen LogP contribution in [0.25, 0.3) is 22.6 Å². The molecular weight excluding hydrogens is 234 g/mol. The van der Waals surface area contributed by atoms with Crippen LogP contribution < -0.4 is 0 Å². The summed E-state index contributed by atoms with van der Waals surface area (Å²) in [6, 6.07) is 18.3. The normalized spacial score (nSPS) is 10.6. The summed E-state index contributed by atoms with van der Waals surface area (Å²) in [6.07, 6.45) is 0. The first-order valence-electron chi connectivity index (χ1n) is 6.27. The van der Waals surface area contributed by atoms with Crippen molar-refractivity contribution in [3.8, 4) is 22.6 Å². The molecule has 0 aliphatic carbocycles. The lowest BCUT2D eigenvalue weighted by molar-refractivity contribution is 0.742. The summed E-state index contributed by atoms with van der Waals surface area (Å²) in [4.78, 5) is 4.69. The summed E-state index contributed by atoms with van der Waals surface area (Å²) in [5, 5.41) is 4.47. The van der Waals surface area contributed by atoms with Crippen LogP contribution in [0, 0.1) is 6.92 Å². The van der Waals surface area contributed by atoms with E-state index in [4.69, 9.17) is 4.98 Å². The average molecular weight is 249 g/mol. The van der Waals surface area contributed by atoms with Crippen LogP contribution in [0.15, 0.2) is 54.6 Å². The van der Waals surface area contributed by atoms with Gasteiger partial charge in [-0.3, -0.25) is 4.68 Å². The lowest BCUT2D eigenvalue weighted by atomic mass is 10.1. The molecule has 0 saturated heterocycles. The van der Waals surface area contributed by atoms with E-state index in [-0.39, 0.29) is 0 Å². The van der Waals surface area contributed by atoms with Crippen molar-refractivity contribution in [2.75, 3.05) is 0 Å². The molecule has 3 rings (SSSR count). The second-order valence-corrected chi connectivity index (χ2v) is 4.57. The van der Waals surface area contributed by atoms with Gasteiger partial charge in [0, 0.05) is 18.3 Å². The molecule has 3 aromatic rings. The summed E-state index contributed by atoms with van der Waals surface area (Å²) in [7, 11) is 1.94. The molecule has 0 fully saturated rings. The smallest absolute Gasteiger partial charge is 0.111 e. The first-order valence-corrected chi connectivity index (χ1v) is 6.27.